The van der Waals surface area contributed by atoms with Gasteiger partial charge in [0.2, 0.25) is 11.8 Å². The predicted molar refractivity (Wildman–Crippen MR) is 129 cm³/mol. The number of benzene rings is 3. The Labute approximate surface area is 193 Å². The highest BCUT2D eigenvalue weighted by molar-refractivity contribution is 9.10. The molecular formula is C24H20BrFN2O2S. The highest BCUT2D eigenvalue weighted by atomic mass is 79.9. The highest BCUT2D eigenvalue weighted by Gasteiger charge is 2.16. The third-order valence-corrected chi connectivity index (χ3v) is 5.82. The van der Waals surface area contributed by atoms with Crippen molar-refractivity contribution in [1.82, 2.24) is 0 Å². The monoisotopic (exact) mass is 498 g/mol. The first-order chi connectivity index (χ1) is 14.9. The van der Waals surface area contributed by atoms with Crippen molar-refractivity contribution in [2.75, 3.05) is 10.6 Å². The Balaban J connectivity index is 1.52. The summed E-state index contributed by atoms with van der Waals surface area (Å²) >= 11 is 4.53. The van der Waals surface area contributed by atoms with E-state index in [9.17, 15) is 14.0 Å². The molecule has 0 radical (unpaired) electrons. The van der Waals surface area contributed by atoms with Crippen molar-refractivity contribution in [2.24, 2.45) is 0 Å². The van der Waals surface area contributed by atoms with E-state index < -0.39 is 11.1 Å². The van der Waals surface area contributed by atoms with E-state index in [0.717, 1.165) is 10.5 Å². The van der Waals surface area contributed by atoms with Crippen molar-refractivity contribution < 1.29 is 14.0 Å². The highest BCUT2D eigenvalue weighted by Crippen LogP contribution is 2.26. The average Bonchev–Trinajstić information content (AvgIpc) is 2.76. The molecule has 7 heteroatoms. The van der Waals surface area contributed by atoms with Crippen LogP contribution in [0.2, 0.25) is 0 Å². The minimum atomic E-state index is -0.499. The summed E-state index contributed by atoms with van der Waals surface area (Å²) < 4.78 is 14.5. The fourth-order valence-corrected chi connectivity index (χ4v) is 3.82. The van der Waals surface area contributed by atoms with Crippen LogP contribution >= 0.6 is 27.7 Å². The van der Waals surface area contributed by atoms with Gasteiger partial charge >= 0.3 is 0 Å². The van der Waals surface area contributed by atoms with Gasteiger partial charge in [-0.05, 0) is 61.0 Å². The van der Waals surface area contributed by atoms with Gasteiger partial charge in [0.1, 0.15) is 5.82 Å². The summed E-state index contributed by atoms with van der Waals surface area (Å²) in [6.45, 7) is 1.75. The zero-order chi connectivity index (χ0) is 22.2. The van der Waals surface area contributed by atoms with E-state index in [4.69, 9.17) is 0 Å². The maximum absolute atomic E-state index is 13.9. The van der Waals surface area contributed by atoms with Crippen LogP contribution < -0.4 is 10.6 Å². The van der Waals surface area contributed by atoms with Gasteiger partial charge in [0, 0.05) is 21.1 Å². The van der Waals surface area contributed by atoms with Gasteiger partial charge < -0.3 is 10.6 Å². The van der Waals surface area contributed by atoms with Crippen molar-refractivity contribution in [3.8, 4) is 0 Å². The summed E-state index contributed by atoms with van der Waals surface area (Å²) in [7, 11) is 0. The summed E-state index contributed by atoms with van der Waals surface area (Å²) in [4.78, 5) is 25.3. The standard InChI is InChI=1S/C24H20BrFN2O2S/c1-16(24(30)28-22-13-8-18(25)15-21(22)26)31-20-11-9-19(10-12-20)27-23(29)14-7-17-5-3-2-4-6-17/h2-16H,1H3,(H,27,29)(H,28,30)/b14-7+. The fourth-order valence-electron chi connectivity index (χ4n) is 2.62. The number of nitrogens with one attached hydrogen (secondary N) is 2. The van der Waals surface area contributed by atoms with Gasteiger partial charge in [-0.25, -0.2) is 4.39 Å². The molecule has 2 amide bonds. The third-order valence-electron chi connectivity index (χ3n) is 4.22. The molecule has 4 nitrogen and oxygen atoms in total. The van der Waals surface area contributed by atoms with E-state index in [0.29, 0.717) is 10.2 Å². The van der Waals surface area contributed by atoms with Gasteiger partial charge in [-0.2, -0.15) is 0 Å². The molecule has 158 valence electrons. The molecule has 3 aromatic carbocycles. The second kappa shape index (κ2) is 10.9. The smallest absolute Gasteiger partial charge is 0.248 e. The molecule has 3 aromatic rings. The molecule has 0 heterocycles. The van der Waals surface area contributed by atoms with Crippen LogP contribution in [0, 0.1) is 5.82 Å². The molecule has 31 heavy (non-hydrogen) atoms. The number of carbonyl (C=O) groups is 2. The fraction of sp³-hybridized carbons (Fsp3) is 0.0833. The van der Waals surface area contributed by atoms with Crippen molar-refractivity contribution in [3.05, 3.63) is 94.7 Å². The number of thioether (sulfide) groups is 1. The summed E-state index contributed by atoms with van der Waals surface area (Å²) in [5.41, 5.74) is 1.74. The molecule has 2 N–H and O–H groups in total. The number of hydrogen-bond donors (Lipinski definition) is 2. The van der Waals surface area contributed by atoms with Crippen LogP contribution in [-0.4, -0.2) is 17.1 Å². The van der Waals surface area contributed by atoms with Gasteiger partial charge in [-0.15, -0.1) is 11.8 Å². The van der Waals surface area contributed by atoms with Crippen molar-refractivity contribution in [1.29, 1.82) is 0 Å². The Morgan fingerprint density at radius 2 is 1.71 bits per heavy atom. The largest absolute Gasteiger partial charge is 0.323 e. The lowest BCUT2D eigenvalue weighted by molar-refractivity contribution is -0.115. The van der Waals surface area contributed by atoms with Crippen molar-refractivity contribution in [3.63, 3.8) is 0 Å². The molecule has 0 aliphatic rings. The first-order valence-corrected chi connectivity index (χ1v) is 11.1. The molecule has 0 aliphatic carbocycles. The van der Waals surface area contributed by atoms with E-state index >= 15 is 0 Å². The van der Waals surface area contributed by atoms with Crippen LogP contribution in [0.5, 0.6) is 0 Å². The molecule has 0 saturated heterocycles. The number of amides is 2. The van der Waals surface area contributed by atoms with E-state index in [1.165, 1.54) is 30.0 Å². The molecule has 3 rings (SSSR count). The van der Waals surface area contributed by atoms with Gasteiger partial charge in [0.25, 0.3) is 0 Å². The molecule has 0 fully saturated rings. The molecule has 0 aliphatic heterocycles. The van der Waals surface area contributed by atoms with Crippen molar-refractivity contribution in [2.45, 2.75) is 17.1 Å². The maximum Gasteiger partial charge on any atom is 0.248 e. The lowest BCUT2D eigenvalue weighted by Crippen LogP contribution is -2.22. The first kappa shape index (κ1) is 22.8. The van der Waals surface area contributed by atoms with Gasteiger partial charge in [-0.1, -0.05) is 46.3 Å². The number of anilines is 2. The second-order valence-corrected chi connectivity index (χ2v) is 8.96. The van der Waals surface area contributed by atoms with Crippen molar-refractivity contribution >= 4 is 57.0 Å². The molecule has 0 saturated carbocycles. The minimum Gasteiger partial charge on any atom is -0.323 e. The lowest BCUT2D eigenvalue weighted by atomic mass is 10.2. The predicted octanol–water partition coefficient (Wildman–Crippen LogP) is 6.36. The summed E-state index contributed by atoms with van der Waals surface area (Å²) in [5, 5.41) is 4.97. The summed E-state index contributed by atoms with van der Waals surface area (Å²) in [5.74, 6) is -1.02. The van der Waals surface area contributed by atoms with Crippen LogP contribution in [-0.2, 0) is 9.59 Å². The SMILES string of the molecule is CC(Sc1ccc(NC(=O)/C=C/c2ccccc2)cc1)C(=O)Nc1ccc(Br)cc1F. The Morgan fingerprint density at radius 3 is 2.39 bits per heavy atom. The number of halogens is 2. The van der Waals surface area contributed by atoms with E-state index in [1.54, 1.807) is 31.2 Å². The average molecular weight is 499 g/mol. The Kier molecular flexibility index (Phi) is 8.03. The summed E-state index contributed by atoms with van der Waals surface area (Å²) in [6, 6.07) is 21.2. The zero-order valence-electron chi connectivity index (χ0n) is 16.6. The lowest BCUT2D eigenvalue weighted by Gasteiger charge is -2.13. The normalized spacial score (nSPS) is 11.8. The summed E-state index contributed by atoms with van der Waals surface area (Å²) in [6.07, 6.45) is 3.22. The Morgan fingerprint density at radius 1 is 1.00 bits per heavy atom. The van der Waals surface area contributed by atoms with Crippen LogP contribution in [0.15, 0.2) is 88.2 Å². The van der Waals surface area contributed by atoms with Crippen LogP contribution in [0.3, 0.4) is 0 Å². The number of rotatable bonds is 7. The first-order valence-electron chi connectivity index (χ1n) is 9.47. The van der Waals surface area contributed by atoms with E-state index in [1.807, 2.05) is 42.5 Å². The third kappa shape index (κ3) is 7.08. The zero-order valence-corrected chi connectivity index (χ0v) is 19.0. The van der Waals surface area contributed by atoms with Crippen LogP contribution in [0.1, 0.15) is 12.5 Å². The van der Waals surface area contributed by atoms with Gasteiger partial charge in [-0.3, -0.25) is 9.59 Å². The Bertz CT molecular complexity index is 1090. The quantitative estimate of drug-likeness (QED) is 0.294. The topological polar surface area (TPSA) is 58.2 Å². The number of carbonyl (C=O) groups excluding carboxylic acids is 2. The second-order valence-electron chi connectivity index (χ2n) is 6.63. The van der Waals surface area contributed by atoms with E-state index in [-0.39, 0.29) is 17.5 Å². The molecule has 0 spiro atoms. The minimum absolute atomic E-state index is 0.141. The van der Waals surface area contributed by atoms with Crippen LogP contribution in [0.25, 0.3) is 6.08 Å². The molecule has 1 atom stereocenters. The molecule has 0 aromatic heterocycles. The van der Waals surface area contributed by atoms with Crippen LogP contribution in [0.4, 0.5) is 15.8 Å². The number of hydrogen-bond acceptors (Lipinski definition) is 3. The maximum atomic E-state index is 13.9. The molecule has 0 bridgehead atoms. The van der Waals surface area contributed by atoms with Gasteiger partial charge in [0.05, 0.1) is 10.9 Å². The molecular weight excluding hydrogens is 479 g/mol. The Hall–Kier alpha value is -2.90. The molecule has 1 unspecified atom stereocenters. The van der Waals surface area contributed by atoms with E-state index in [2.05, 4.69) is 26.6 Å². The van der Waals surface area contributed by atoms with Gasteiger partial charge in [0.15, 0.2) is 0 Å².